The number of nitro groups is 2. The molecule has 0 fully saturated rings. The molecule has 7 heteroatoms. The van der Waals surface area contributed by atoms with Crippen LogP contribution in [0, 0.1) is 20.2 Å². The second-order valence-electron chi connectivity index (χ2n) is 2.58. The summed E-state index contributed by atoms with van der Waals surface area (Å²) in [5.74, 6) is 1.38. The average molecular weight is 205 g/mol. The molecule has 15 heavy (non-hydrogen) atoms. The highest BCUT2D eigenvalue weighted by molar-refractivity contribution is 6.50. The molecule has 0 aromatic heterocycles. The van der Waals surface area contributed by atoms with Crippen molar-refractivity contribution in [2.75, 3.05) is 0 Å². The Labute approximate surface area is 85.8 Å². The van der Waals surface area contributed by atoms with Crippen LogP contribution in [-0.2, 0) is 0 Å². The first-order valence-electron chi connectivity index (χ1n) is 4.00. The lowest BCUT2D eigenvalue weighted by molar-refractivity contribution is -0.459. The van der Waals surface area contributed by atoms with Crippen molar-refractivity contribution in [3.8, 4) is 0 Å². The molecule has 1 radical (unpaired) electrons. The predicted octanol–water partition coefficient (Wildman–Crippen LogP) is 1.05. The summed E-state index contributed by atoms with van der Waals surface area (Å²) in [6.45, 7) is 0. The van der Waals surface area contributed by atoms with E-state index in [1.807, 2.05) is 0 Å². The molecule has 1 aliphatic heterocycles. The molecule has 0 saturated carbocycles. The molecular weight excluding hydrogens is 199 g/mol. The molecule has 0 aromatic rings. The zero-order chi connectivity index (χ0) is 11.3. The zero-order valence-electron chi connectivity index (χ0n) is 7.57. The quantitative estimate of drug-likeness (QED) is 0.383. The van der Waals surface area contributed by atoms with Gasteiger partial charge in [0, 0.05) is 6.08 Å². The van der Waals surface area contributed by atoms with Crippen LogP contribution in [0.2, 0.25) is 0 Å². The van der Waals surface area contributed by atoms with E-state index in [0.717, 1.165) is 13.4 Å². The van der Waals surface area contributed by atoms with Crippen molar-refractivity contribution in [1.29, 1.82) is 0 Å². The lowest BCUT2D eigenvalue weighted by atomic mass is 9.73. The zero-order valence-corrected chi connectivity index (χ0v) is 7.57. The Kier molecular flexibility index (Phi) is 3.56. The number of allylic oxidation sites excluding steroid dienone is 5. The van der Waals surface area contributed by atoms with Crippen LogP contribution >= 0.6 is 0 Å². The fourth-order valence-electron chi connectivity index (χ4n) is 0.965. The normalized spacial score (nSPS) is 15.2. The average Bonchev–Trinajstić information content (AvgIpc) is 2.27. The summed E-state index contributed by atoms with van der Waals surface area (Å²) in [5, 5.41) is 21.1. The van der Waals surface area contributed by atoms with E-state index in [1.165, 1.54) is 12.1 Å². The van der Waals surface area contributed by atoms with Crippen molar-refractivity contribution < 1.29 is 9.85 Å². The van der Waals surface area contributed by atoms with E-state index in [4.69, 9.17) is 0 Å². The molecule has 0 saturated heterocycles. The van der Waals surface area contributed by atoms with Gasteiger partial charge in [0.1, 0.15) is 0 Å². The Hall–Kier alpha value is -2.18. The fourth-order valence-corrected chi connectivity index (χ4v) is 0.965. The largest absolute Gasteiger partial charge is 0.329 e. The van der Waals surface area contributed by atoms with E-state index < -0.39 is 21.1 Å². The van der Waals surface area contributed by atoms with Crippen LogP contribution in [0.1, 0.15) is 0 Å². The molecule has 0 atom stereocenters. The van der Waals surface area contributed by atoms with Gasteiger partial charge in [0.25, 0.3) is 12.9 Å². The minimum absolute atomic E-state index is 0.531. The van der Waals surface area contributed by atoms with Crippen molar-refractivity contribution in [2.45, 2.75) is 0 Å². The Bertz CT molecular complexity index is 409. The Morgan fingerprint density at radius 2 is 1.67 bits per heavy atom. The number of nitrogens with zero attached hydrogens (tertiary/aromatic N) is 2. The standard InChI is InChI=1S/C8H6BN2O4/c12-10(13)7-5-3-1-2-4-6-9-8(7)11(14)15/h1-6H. The number of hydrogen-bond acceptors (Lipinski definition) is 4. The minimum Gasteiger partial charge on any atom is -0.259 e. The molecule has 75 valence electrons. The lowest BCUT2D eigenvalue weighted by Crippen LogP contribution is -2.13. The topological polar surface area (TPSA) is 86.3 Å². The van der Waals surface area contributed by atoms with Gasteiger partial charge in [0.2, 0.25) is 0 Å². The van der Waals surface area contributed by atoms with Crippen molar-refractivity contribution in [2.24, 2.45) is 0 Å². The van der Waals surface area contributed by atoms with E-state index in [1.54, 1.807) is 18.2 Å². The third-order valence-electron chi connectivity index (χ3n) is 1.61. The van der Waals surface area contributed by atoms with Gasteiger partial charge in [-0.15, -0.1) is 5.98 Å². The summed E-state index contributed by atoms with van der Waals surface area (Å²) in [7, 11) is 1.10. The van der Waals surface area contributed by atoms with Gasteiger partial charge in [0.05, 0.1) is 9.85 Å². The minimum atomic E-state index is -0.780. The van der Waals surface area contributed by atoms with Gasteiger partial charge in [-0.25, -0.2) is 0 Å². The highest BCUT2D eigenvalue weighted by atomic mass is 16.6. The first-order valence-corrected chi connectivity index (χ1v) is 4.00. The van der Waals surface area contributed by atoms with Crippen LogP contribution in [0.4, 0.5) is 0 Å². The summed E-state index contributed by atoms with van der Waals surface area (Å²) in [6.07, 6.45) is 7.20. The second-order valence-corrected chi connectivity index (χ2v) is 2.58. The number of rotatable bonds is 2. The molecule has 0 aliphatic carbocycles. The maximum absolute atomic E-state index is 10.6. The van der Waals surface area contributed by atoms with Gasteiger partial charge in [-0.05, 0) is 0 Å². The highest BCUT2D eigenvalue weighted by Crippen LogP contribution is 2.09. The van der Waals surface area contributed by atoms with E-state index in [9.17, 15) is 20.2 Å². The Morgan fingerprint density at radius 3 is 2.27 bits per heavy atom. The molecule has 0 N–H and O–H groups in total. The molecule has 1 aliphatic rings. The maximum Gasteiger partial charge on any atom is 0.329 e. The van der Waals surface area contributed by atoms with Crippen LogP contribution in [-0.4, -0.2) is 17.1 Å². The van der Waals surface area contributed by atoms with Crippen LogP contribution in [0.15, 0.2) is 47.6 Å². The van der Waals surface area contributed by atoms with E-state index in [-0.39, 0.29) is 0 Å². The molecular formula is C8H6BN2O4. The maximum atomic E-state index is 10.6. The van der Waals surface area contributed by atoms with Gasteiger partial charge in [-0.2, -0.15) is 0 Å². The third kappa shape index (κ3) is 2.90. The molecule has 0 aromatic carbocycles. The summed E-state index contributed by atoms with van der Waals surface area (Å²) in [5.41, 5.74) is -1.06. The van der Waals surface area contributed by atoms with Crippen LogP contribution in [0.25, 0.3) is 0 Å². The fraction of sp³-hybridized carbons (Fsp3) is 0. The van der Waals surface area contributed by atoms with E-state index in [0.29, 0.717) is 0 Å². The van der Waals surface area contributed by atoms with Crippen molar-refractivity contribution in [3.63, 3.8) is 0 Å². The SMILES string of the molecule is O=[N+]([O-])C1=C([N+](=O)[O-])C=CC=CC=C[B]1. The van der Waals surface area contributed by atoms with Crippen LogP contribution < -0.4 is 0 Å². The van der Waals surface area contributed by atoms with Crippen LogP contribution in [0.3, 0.4) is 0 Å². The molecule has 0 amide bonds. The number of hydrogen-bond donors (Lipinski definition) is 0. The molecule has 6 nitrogen and oxygen atoms in total. The smallest absolute Gasteiger partial charge is 0.259 e. The summed E-state index contributed by atoms with van der Waals surface area (Å²) >= 11 is 0. The first kappa shape index (κ1) is 10.9. The molecule has 1 rings (SSSR count). The van der Waals surface area contributed by atoms with E-state index >= 15 is 0 Å². The Morgan fingerprint density at radius 1 is 1.00 bits per heavy atom. The summed E-state index contributed by atoms with van der Waals surface area (Å²) in [4.78, 5) is 19.6. The monoisotopic (exact) mass is 205 g/mol. The summed E-state index contributed by atoms with van der Waals surface area (Å²) < 4.78 is 0. The predicted molar refractivity (Wildman–Crippen MR) is 54.2 cm³/mol. The van der Waals surface area contributed by atoms with Gasteiger partial charge < -0.3 is 0 Å². The van der Waals surface area contributed by atoms with E-state index in [2.05, 4.69) is 0 Å². The third-order valence-corrected chi connectivity index (χ3v) is 1.61. The molecule has 0 bridgehead atoms. The van der Waals surface area contributed by atoms with Crippen LogP contribution in [0.5, 0.6) is 0 Å². The Balaban J connectivity index is 3.23. The van der Waals surface area contributed by atoms with Crippen molar-refractivity contribution in [1.82, 2.24) is 0 Å². The van der Waals surface area contributed by atoms with Crippen molar-refractivity contribution in [3.05, 3.63) is 67.9 Å². The highest BCUT2D eigenvalue weighted by Gasteiger charge is 2.25. The molecule has 1 heterocycles. The van der Waals surface area contributed by atoms with Gasteiger partial charge in [-0.3, -0.25) is 20.2 Å². The van der Waals surface area contributed by atoms with Gasteiger partial charge in [-0.1, -0.05) is 24.3 Å². The second kappa shape index (κ2) is 4.89. The first-order chi connectivity index (χ1) is 7.13. The molecule has 0 spiro atoms. The van der Waals surface area contributed by atoms with Crippen molar-refractivity contribution >= 4 is 7.28 Å². The lowest BCUT2D eigenvalue weighted by Gasteiger charge is -1.94. The van der Waals surface area contributed by atoms with Gasteiger partial charge >= 0.3 is 5.70 Å². The molecule has 0 unspecified atom stereocenters. The van der Waals surface area contributed by atoms with Gasteiger partial charge in [0.15, 0.2) is 0 Å². The summed E-state index contributed by atoms with van der Waals surface area (Å²) in [6, 6.07) is 0.